The zero-order chi connectivity index (χ0) is 9.14. The van der Waals surface area contributed by atoms with E-state index < -0.39 is 5.63 Å². The molecule has 0 aromatic carbocycles. The number of hydrogen-bond donors (Lipinski definition) is 1. The van der Waals surface area contributed by atoms with Crippen LogP contribution in [0.2, 0.25) is 0 Å². The molecule has 1 aromatic rings. The van der Waals surface area contributed by atoms with E-state index in [1.165, 1.54) is 6.26 Å². The summed E-state index contributed by atoms with van der Waals surface area (Å²) in [5.74, 6) is 0.156. The minimum absolute atomic E-state index is 0.258. The average molecular weight is 168 g/mol. The lowest BCUT2D eigenvalue weighted by Gasteiger charge is -2.04. The highest BCUT2D eigenvalue weighted by atomic mass is 16.4. The Morgan fingerprint density at radius 2 is 2.25 bits per heavy atom. The van der Waals surface area contributed by atoms with Gasteiger partial charge in [0.25, 0.3) is 0 Å². The molecule has 0 aliphatic carbocycles. The molecule has 3 heteroatoms. The van der Waals surface area contributed by atoms with Gasteiger partial charge < -0.3 is 9.52 Å². The summed E-state index contributed by atoms with van der Waals surface area (Å²) in [4.78, 5) is 10.8. The van der Waals surface area contributed by atoms with Gasteiger partial charge in [-0.2, -0.15) is 0 Å². The Bertz CT molecular complexity index is 312. The van der Waals surface area contributed by atoms with E-state index in [4.69, 9.17) is 0 Å². The zero-order valence-electron chi connectivity index (χ0n) is 7.20. The van der Waals surface area contributed by atoms with Crippen molar-refractivity contribution >= 4 is 0 Å². The van der Waals surface area contributed by atoms with Gasteiger partial charge in [0.15, 0.2) is 0 Å². The fraction of sp³-hybridized carbons (Fsp3) is 0.444. The second kappa shape index (κ2) is 3.43. The summed E-state index contributed by atoms with van der Waals surface area (Å²) in [5, 5.41) is 9.24. The van der Waals surface area contributed by atoms with Crippen LogP contribution in [0.4, 0.5) is 0 Å². The van der Waals surface area contributed by atoms with Gasteiger partial charge in [0.1, 0.15) is 0 Å². The first kappa shape index (κ1) is 8.84. The third-order valence-corrected chi connectivity index (χ3v) is 1.57. The van der Waals surface area contributed by atoms with E-state index in [1.54, 1.807) is 6.07 Å². The number of rotatable bonds is 2. The average Bonchev–Trinajstić information content (AvgIpc) is 1.98. The van der Waals surface area contributed by atoms with Crippen molar-refractivity contribution in [3.05, 3.63) is 28.3 Å². The van der Waals surface area contributed by atoms with Crippen LogP contribution in [0.5, 0.6) is 5.75 Å². The maximum Gasteiger partial charge on any atom is 0.378 e. The zero-order valence-corrected chi connectivity index (χ0v) is 7.20. The Labute approximate surface area is 70.7 Å². The van der Waals surface area contributed by atoms with Gasteiger partial charge in [-0.15, -0.1) is 0 Å². The molecular weight excluding hydrogens is 156 g/mol. The highest BCUT2D eigenvalue weighted by molar-refractivity contribution is 5.27. The number of aromatic hydroxyl groups is 1. The van der Waals surface area contributed by atoms with E-state index in [2.05, 4.69) is 4.42 Å². The van der Waals surface area contributed by atoms with Gasteiger partial charge in [-0.1, -0.05) is 13.8 Å². The molecule has 0 aliphatic rings. The molecule has 1 aromatic heterocycles. The lowest BCUT2D eigenvalue weighted by molar-refractivity contribution is 0.402. The Morgan fingerprint density at radius 3 is 2.83 bits per heavy atom. The minimum Gasteiger partial charge on any atom is -0.502 e. The van der Waals surface area contributed by atoms with Gasteiger partial charge in [-0.3, -0.25) is 0 Å². The first-order valence-electron chi connectivity index (χ1n) is 3.91. The second-order valence-corrected chi connectivity index (χ2v) is 3.18. The van der Waals surface area contributed by atoms with Crippen LogP contribution in [0, 0.1) is 5.92 Å². The molecule has 1 rings (SSSR count). The van der Waals surface area contributed by atoms with Crippen molar-refractivity contribution in [3.63, 3.8) is 0 Å². The van der Waals surface area contributed by atoms with Crippen molar-refractivity contribution < 1.29 is 9.52 Å². The maximum absolute atomic E-state index is 10.8. The molecule has 0 saturated carbocycles. The Balaban J connectivity index is 3.00. The van der Waals surface area contributed by atoms with Crippen molar-refractivity contribution in [1.82, 2.24) is 0 Å². The molecule has 0 aliphatic heterocycles. The summed E-state index contributed by atoms with van der Waals surface area (Å²) in [5.41, 5.74) is -0.00519. The Kier molecular flexibility index (Phi) is 2.53. The van der Waals surface area contributed by atoms with Gasteiger partial charge in [0, 0.05) is 5.56 Å². The van der Waals surface area contributed by atoms with Crippen LogP contribution >= 0.6 is 0 Å². The van der Waals surface area contributed by atoms with Crippen LogP contribution in [0.3, 0.4) is 0 Å². The highest BCUT2D eigenvalue weighted by Crippen LogP contribution is 2.14. The lowest BCUT2D eigenvalue weighted by Crippen LogP contribution is -2.03. The molecule has 0 bridgehead atoms. The molecule has 0 saturated heterocycles. The Hall–Kier alpha value is -1.25. The Morgan fingerprint density at radius 1 is 1.58 bits per heavy atom. The normalized spacial score (nSPS) is 10.6. The molecule has 3 nitrogen and oxygen atoms in total. The van der Waals surface area contributed by atoms with E-state index in [0.717, 1.165) is 0 Å². The fourth-order valence-electron chi connectivity index (χ4n) is 1.05. The molecule has 0 spiro atoms. The molecular formula is C9H12O3. The van der Waals surface area contributed by atoms with E-state index in [-0.39, 0.29) is 5.75 Å². The SMILES string of the molecule is CC(C)Cc1ccoc(=O)c1O. The van der Waals surface area contributed by atoms with Crippen LogP contribution in [0.15, 0.2) is 21.5 Å². The molecule has 1 heterocycles. The van der Waals surface area contributed by atoms with Crippen molar-refractivity contribution in [2.24, 2.45) is 5.92 Å². The minimum atomic E-state index is -0.659. The molecule has 0 unspecified atom stereocenters. The van der Waals surface area contributed by atoms with E-state index in [0.29, 0.717) is 17.9 Å². The molecule has 0 fully saturated rings. The molecule has 0 radical (unpaired) electrons. The molecule has 0 amide bonds. The summed E-state index contributed by atoms with van der Waals surface area (Å²) in [6, 6.07) is 1.62. The molecule has 12 heavy (non-hydrogen) atoms. The van der Waals surface area contributed by atoms with E-state index in [9.17, 15) is 9.90 Å². The summed E-state index contributed by atoms with van der Waals surface area (Å²) in [7, 11) is 0. The number of hydrogen-bond acceptors (Lipinski definition) is 3. The third-order valence-electron chi connectivity index (χ3n) is 1.57. The van der Waals surface area contributed by atoms with Crippen LogP contribution < -0.4 is 5.63 Å². The van der Waals surface area contributed by atoms with Gasteiger partial charge in [0.2, 0.25) is 5.75 Å². The predicted molar refractivity (Wildman–Crippen MR) is 45.2 cm³/mol. The monoisotopic (exact) mass is 168 g/mol. The largest absolute Gasteiger partial charge is 0.502 e. The summed E-state index contributed by atoms with van der Waals surface area (Å²) in [6.07, 6.45) is 2.00. The van der Waals surface area contributed by atoms with Crippen molar-refractivity contribution in [2.75, 3.05) is 0 Å². The van der Waals surface area contributed by atoms with Crippen molar-refractivity contribution in [1.29, 1.82) is 0 Å². The summed E-state index contributed by atoms with van der Waals surface area (Å²) < 4.78 is 4.47. The van der Waals surface area contributed by atoms with Crippen LogP contribution in [0.1, 0.15) is 19.4 Å². The van der Waals surface area contributed by atoms with Crippen LogP contribution in [-0.2, 0) is 6.42 Å². The lowest BCUT2D eigenvalue weighted by atomic mass is 10.0. The van der Waals surface area contributed by atoms with Crippen molar-refractivity contribution in [3.8, 4) is 5.75 Å². The van der Waals surface area contributed by atoms with Gasteiger partial charge >= 0.3 is 5.63 Å². The third kappa shape index (κ3) is 1.87. The first-order chi connectivity index (χ1) is 5.61. The van der Waals surface area contributed by atoms with Gasteiger partial charge in [-0.25, -0.2) is 4.79 Å². The van der Waals surface area contributed by atoms with E-state index in [1.807, 2.05) is 13.8 Å². The van der Waals surface area contributed by atoms with Gasteiger partial charge in [0.05, 0.1) is 6.26 Å². The van der Waals surface area contributed by atoms with Crippen molar-refractivity contribution in [2.45, 2.75) is 20.3 Å². The van der Waals surface area contributed by atoms with Gasteiger partial charge in [-0.05, 0) is 18.4 Å². The summed E-state index contributed by atoms with van der Waals surface area (Å²) in [6.45, 7) is 4.04. The first-order valence-corrected chi connectivity index (χ1v) is 3.91. The maximum atomic E-state index is 10.8. The highest BCUT2D eigenvalue weighted by Gasteiger charge is 2.07. The summed E-state index contributed by atoms with van der Waals surface area (Å²) >= 11 is 0. The fourth-order valence-corrected chi connectivity index (χ4v) is 1.05. The molecule has 0 atom stereocenters. The predicted octanol–water partition coefficient (Wildman–Crippen LogP) is 1.54. The van der Waals surface area contributed by atoms with E-state index >= 15 is 0 Å². The standard InChI is InChI=1S/C9H12O3/c1-6(2)5-7-3-4-12-9(11)8(7)10/h3-4,6,10H,5H2,1-2H3. The topological polar surface area (TPSA) is 50.4 Å². The molecule has 66 valence electrons. The van der Waals surface area contributed by atoms with Crippen LogP contribution in [-0.4, -0.2) is 5.11 Å². The van der Waals surface area contributed by atoms with Crippen LogP contribution in [0.25, 0.3) is 0 Å². The molecule has 1 N–H and O–H groups in total. The smallest absolute Gasteiger partial charge is 0.378 e. The second-order valence-electron chi connectivity index (χ2n) is 3.18. The quantitative estimate of drug-likeness (QED) is 0.728.